The predicted molar refractivity (Wildman–Crippen MR) is 69.2 cm³/mol. The Bertz CT molecular complexity index is 467. The third kappa shape index (κ3) is 2.52. The lowest BCUT2D eigenvalue weighted by Crippen LogP contribution is -2.24. The zero-order chi connectivity index (χ0) is 13.1. The number of hydrogen-bond acceptors (Lipinski definition) is 2. The minimum Gasteiger partial charge on any atom is -0.370 e. The molecule has 1 heterocycles. The lowest BCUT2D eigenvalue weighted by Gasteiger charge is -2.23. The highest BCUT2D eigenvalue weighted by Crippen LogP contribution is 2.29. The van der Waals surface area contributed by atoms with Crippen molar-refractivity contribution in [2.45, 2.75) is 45.1 Å². The Hall–Kier alpha value is -1.85. The summed E-state index contributed by atoms with van der Waals surface area (Å²) in [7, 11) is 0. The minimum absolute atomic E-state index is 0.218. The normalized spacial score (nSPS) is 16.5. The predicted octanol–water partition coefficient (Wildman–Crippen LogP) is 1.11. The van der Waals surface area contributed by atoms with Gasteiger partial charge in [0, 0.05) is 5.69 Å². The van der Waals surface area contributed by atoms with Crippen molar-refractivity contribution in [3.8, 4) is 0 Å². The fourth-order valence-corrected chi connectivity index (χ4v) is 2.50. The molecule has 1 aliphatic carbocycles. The Balaban J connectivity index is 2.22. The molecule has 6 nitrogen and oxygen atoms in total. The number of carbonyl (C=O) groups is 1. The second-order valence-electron chi connectivity index (χ2n) is 4.72. The van der Waals surface area contributed by atoms with Crippen LogP contribution in [0.1, 0.15) is 54.2 Å². The molecular formula is C12H19N5O. The van der Waals surface area contributed by atoms with Gasteiger partial charge in [-0.3, -0.25) is 9.48 Å². The van der Waals surface area contributed by atoms with Gasteiger partial charge in [-0.25, -0.2) is 0 Å². The number of aromatic nitrogens is 2. The molecule has 1 aromatic heterocycles. The van der Waals surface area contributed by atoms with E-state index in [0.717, 1.165) is 18.5 Å². The summed E-state index contributed by atoms with van der Waals surface area (Å²) >= 11 is 0. The lowest BCUT2D eigenvalue weighted by atomic mass is 9.95. The number of aliphatic imine (C=N–C) groups is 1. The standard InChI is InChI=1S/C12H19N5O/c1-8-10(11(18)16-12(13)14)7-15-17(8)9-5-3-2-4-6-9/h7,9H,2-6H2,1H3,(H4,13,14,16,18). The zero-order valence-corrected chi connectivity index (χ0v) is 10.6. The fourth-order valence-electron chi connectivity index (χ4n) is 2.50. The summed E-state index contributed by atoms with van der Waals surface area (Å²) in [6.45, 7) is 1.89. The van der Waals surface area contributed by atoms with Crippen LogP contribution < -0.4 is 11.5 Å². The van der Waals surface area contributed by atoms with E-state index in [1.165, 1.54) is 19.3 Å². The van der Waals surface area contributed by atoms with Gasteiger partial charge in [0.15, 0.2) is 5.96 Å². The SMILES string of the molecule is Cc1c(C(=O)N=C(N)N)cnn1C1CCCCC1. The smallest absolute Gasteiger partial charge is 0.283 e. The van der Waals surface area contributed by atoms with Crippen LogP contribution in [0, 0.1) is 6.92 Å². The molecule has 1 aliphatic rings. The first-order valence-corrected chi connectivity index (χ1v) is 6.27. The maximum atomic E-state index is 11.8. The van der Waals surface area contributed by atoms with Crippen LogP contribution >= 0.6 is 0 Å². The summed E-state index contributed by atoms with van der Waals surface area (Å²) in [4.78, 5) is 15.3. The largest absolute Gasteiger partial charge is 0.370 e. The lowest BCUT2D eigenvalue weighted by molar-refractivity contribution is 0.100. The monoisotopic (exact) mass is 249 g/mol. The van der Waals surface area contributed by atoms with Crippen molar-refractivity contribution in [2.75, 3.05) is 0 Å². The van der Waals surface area contributed by atoms with Crippen LogP contribution in [0.3, 0.4) is 0 Å². The summed E-state index contributed by atoms with van der Waals surface area (Å²) in [6, 6.07) is 0.402. The highest BCUT2D eigenvalue weighted by atomic mass is 16.1. The third-order valence-corrected chi connectivity index (χ3v) is 3.43. The summed E-state index contributed by atoms with van der Waals surface area (Å²) in [5.74, 6) is -0.639. The molecule has 18 heavy (non-hydrogen) atoms. The summed E-state index contributed by atoms with van der Waals surface area (Å²) < 4.78 is 1.94. The Morgan fingerprint density at radius 1 is 1.39 bits per heavy atom. The molecule has 0 unspecified atom stereocenters. The van der Waals surface area contributed by atoms with E-state index in [1.807, 2.05) is 11.6 Å². The van der Waals surface area contributed by atoms with Gasteiger partial charge in [0.25, 0.3) is 5.91 Å². The molecular weight excluding hydrogens is 230 g/mol. The summed E-state index contributed by atoms with van der Waals surface area (Å²) in [6.07, 6.45) is 7.54. The molecule has 0 aliphatic heterocycles. The van der Waals surface area contributed by atoms with Gasteiger partial charge in [-0.15, -0.1) is 0 Å². The van der Waals surface area contributed by atoms with E-state index < -0.39 is 5.91 Å². The minimum atomic E-state index is -0.422. The van der Waals surface area contributed by atoms with E-state index in [0.29, 0.717) is 11.6 Å². The van der Waals surface area contributed by atoms with E-state index in [4.69, 9.17) is 11.5 Å². The Morgan fingerprint density at radius 3 is 2.67 bits per heavy atom. The quantitative estimate of drug-likeness (QED) is 0.605. The number of nitrogens with two attached hydrogens (primary N) is 2. The van der Waals surface area contributed by atoms with Gasteiger partial charge in [-0.2, -0.15) is 10.1 Å². The van der Waals surface area contributed by atoms with Crippen LogP contribution in [0.25, 0.3) is 0 Å². The maximum absolute atomic E-state index is 11.8. The van der Waals surface area contributed by atoms with E-state index >= 15 is 0 Å². The second-order valence-corrected chi connectivity index (χ2v) is 4.72. The first-order valence-electron chi connectivity index (χ1n) is 6.27. The molecule has 0 atom stereocenters. The fraction of sp³-hybridized carbons (Fsp3) is 0.583. The molecule has 0 radical (unpaired) electrons. The van der Waals surface area contributed by atoms with Crippen LogP contribution in [0.15, 0.2) is 11.2 Å². The number of nitrogens with zero attached hydrogens (tertiary/aromatic N) is 3. The van der Waals surface area contributed by atoms with Crippen molar-refractivity contribution >= 4 is 11.9 Å². The van der Waals surface area contributed by atoms with Gasteiger partial charge in [-0.05, 0) is 19.8 Å². The van der Waals surface area contributed by atoms with Crippen molar-refractivity contribution in [1.29, 1.82) is 0 Å². The molecule has 1 aromatic rings. The average Bonchev–Trinajstić information content (AvgIpc) is 2.71. The van der Waals surface area contributed by atoms with Crippen LogP contribution in [0.4, 0.5) is 0 Å². The molecule has 0 aromatic carbocycles. The summed E-state index contributed by atoms with van der Waals surface area (Å²) in [5.41, 5.74) is 11.7. The van der Waals surface area contributed by atoms with Crippen LogP contribution in [0.5, 0.6) is 0 Å². The van der Waals surface area contributed by atoms with Crippen LogP contribution in [-0.4, -0.2) is 21.6 Å². The average molecular weight is 249 g/mol. The number of guanidine groups is 1. The number of carbonyl (C=O) groups excluding carboxylic acids is 1. The molecule has 1 fully saturated rings. The molecule has 2 rings (SSSR count). The van der Waals surface area contributed by atoms with Gasteiger partial charge in [-0.1, -0.05) is 19.3 Å². The topological polar surface area (TPSA) is 99.3 Å². The number of hydrogen-bond donors (Lipinski definition) is 2. The van der Waals surface area contributed by atoms with E-state index in [9.17, 15) is 4.79 Å². The van der Waals surface area contributed by atoms with E-state index in [-0.39, 0.29) is 5.96 Å². The number of rotatable bonds is 2. The van der Waals surface area contributed by atoms with Crippen LogP contribution in [0.2, 0.25) is 0 Å². The molecule has 4 N–H and O–H groups in total. The zero-order valence-electron chi connectivity index (χ0n) is 10.6. The first-order chi connectivity index (χ1) is 8.59. The van der Waals surface area contributed by atoms with Crippen molar-refractivity contribution in [1.82, 2.24) is 9.78 Å². The highest BCUT2D eigenvalue weighted by molar-refractivity contribution is 6.02. The Labute approximate surface area is 106 Å². The molecule has 6 heteroatoms. The van der Waals surface area contributed by atoms with Crippen LogP contribution in [-0.2, 0) is 0 Å². The summed E-state index contributed by atoms with van der Waals surface area (Å²) in [5, 5.41) is 4.31. The van der Waals surface area contributed by atoms with Gasteiger partial charge in [0.1, 0.15) is 0 Å². The molecule has 0 saturated heterocycles. The van der Waals surface area contributed by atoms with Gasteiger partial charge in [0.05, 0.1) is 17.8 Å². The van der Waals surface area contributed by atoms with E-state index in [1.54, 1.807) is 6.20 Å². The number of amides is 1. The molecule has 98 valence electrons. The Kier molecular flexibility index (Phi) is 3.64. The van der Waals surface area contributed by atoms with Crippen molar-refractivity contribution in [3.63, 3.8) is 0 Å². The second kappa shape index (κ2) is 5.20. The van der Waals surface area contributed by atoms with E-state index in [2.05, 4.69) is 10.1 Å². The molecule has 0 bridgehead atoms. The Morgan fingerprint density at radius 2 is 2.06 bits per heavy atom. The van der Waals surface area contributed by atoms with Gasteiger partial charge < -0.3 is 11.5 Å². The van der Waals surface area contributed by atoms with Crippen molar-refractivity contribution < 1.29 is 4.79 Å². The first kappa shape index (κ1) is 12.6. The molecule has 1 saturated carbocycles. The van der Waals surface area contributed by atoms with Gasteiger partial charge >= 0.3 is 0 Å². The molecule has 1 amide bonds. The van der Waals surface area contributed by atoms with Gasteiger partial charge in [0.2, 0.25) is 0 Å². The molecule has 0 spiro atoms. The highest BCUT2D eigenvalue weighted by Gasteiger charge is 2.21. The maximum Gasteiger partial charge on any atom is 0.283 e. The van der Waals surface area contributed by atoms with Crippen molar-refractivity contribution in [3.05, 3.63) is 17.5 Å². The third-order valence-electron chi connectivity index (χ3n) is 3.43. The van der Waals surface area contributed by atoms with Crippen molar-refractivity contribution in [2.24, 2.45) is 16.5 Å².